The fourth-order valence-corrected chi connectivity index (χ4v) is 3.37. The summed E-state index contributed by atoms with van der Waals surface area (Å²) in [7, 11) is 0. The molecule has 2 aliphatic rings. The Labute approximate surface area is 116 Å². The van der Waals surface area contributed by atoms with Crippen LogP contribution in [0.5, 0.6) is 0 Å². The maximum atomic E-state index is 12.8. The van der Waals surface area contributed by atoms with Crippen LogP contribution in [0.3, 0.4) is 0 Å². The van der Waals surface area contributed by atoms with Crippen molar-refractivity contribution in [1.82, 2.24) is 4.90 Å². The van der Waals surface area contributed by atoms with Gasteiger partial charge < -0.3 is 15.7 Å². The Morgan fingerprint density at radius 1 is 1.26 bits per heavy atom. The summed E-state index contributed by atoms with van der Waals surface area (Å²) in [5, 5.41) is 9.02. The van der Waals surface area contributed by atoms with E-state index in [0.717, 1.165) is 32.1 Å². The van der Waals surface area contributed by atoms with E-state index in [2.05, 4.69) is 6.92 Å². The minimum Gasteiger partial charge on any atom is -0.396 e. The number of amides is 1. The third-order valence-corrected chi connectivity index (χ3v) is 5.04. The highest BCUT2D eigenvalue weighted by Crippen LogP contribution is 2.33. The highest BCUT2D eigenvalue weighted by molar-refractivity contribution is 5.79. The second kappa shape index (κ2) is 6.71. The minimum atomic E-state index is 0.100. The second-order valence-electron chi connectivity index (χ2n) is 6.25. The van der Waals surface area contributed by atoms with Crippen molar-refractivity contribution in [3.8, 4) is 0 Å². The second-order valence-corrected chi connectivity index (χ2v) is 6.25. The van der Waals surface area contributed by atoms with Gasteiger partial charge in [-0.25, -0.2) is 0 Å². The SMILES string of the molecule is CC1C(N)CCCC1C(=O)N(CCCO)C1CCC1. The molecule has 2 saturated carbocycles. The molecule has 3 unspecified atom stereocenters. The first-order valence-corrected chi connectivity index (χ1v) is 7.82. The number of nitrogens with two attached hydrogens (primary N) is 1. The van der Waals surface area contributed by atoms with E-state index in [-0.39, 0.29) is 24.5 Å². The van der Waals surface area contributed by atoms with Crippen LogP contribution >= 0.6 is 0 Å². The first kappa shape index (κ1) is 14.8. The molecule has 0 aliphatic heterocycles. The Kier molecular flexibility index (Phi) is 5.22. The van der Waals surface area contributed by atoms with Crippen molar-refractivity contribution in [1.29, 1.82) is 0 Å². The number of rotatable bonds is 5. The summed E-state index contributed by atoms with van der Waals surface area (Å²) in [5.41, 5.74) is 6.12. The minimum absolute atomic E-state index is 0.100. The molecule has 19 heavy (non-hydrogen) atoms. The fraction of sp³-hybridized carbons (Fsp3) is 0.933. The van der Waals surface area contributed by atoms with E-state index in [1.165, 1.54) is 6.42 Å². The van der Waals surface area contributed by atoms with Crippen molar-refractivity contribution >= 4 is 5.91 Å². The highest BCUT2D eigenvalue weighted by atomic mass is 16.3. The number of nitrogens with zero attached hydrogens (tertiary/aromatic N) is 1. The van der Waals surface area contributed by atoms with E-state index in [1.54, 1.807) is 0 Å². The molecule has 0 aromatic rings. The van der Waals surface area contributed by atoms with Gasteiger partial charge in [0.05, 0.1) is 0 Å². The molecule has 4 heteroatoms. The van der Waals surface area contributed by atoms with E-state index >= 15 is 0 Å². The van der Waals surface area contributed by atoms with Gasteiger partial charge in [0, 0.05) is 31.2 Å². The molecule has 3 N–H and O–H groups in total. The average Bonchev–Trinajstić information content (AvgIpc) is 2.34. The molecule has 2 rings (SSSR count). The smallest absolute Gasteiger partial charge is 0.226 e. The van der Waals surface area contributed by atoms with Crippen LogP contribution in [0.4, 0.5) is 0 Å². The lowest BCUT2D eigenvalue weighted by Gasteiger charge is -2.42. The molecule has 1 amide bonds. The molecule has 0 aromatic carbocycles. The van der Waals surface area contributed by atoms with Gasteiger partial charge in [0.15, 0.2) is 0 Å². The largest absolute Gasteiger partial charge is 0.396 e. The zero-order valence-electron chi connectivity index (χ0n) is 12.1. The Morgan fingerprint density at radius 3 is 2.53 bits per heavy atom. The van der Waals surface area contributed by atoms with E-state index in [9.17, 15) is 4.79 Å². The number of carbonyl (C=O) groups is 1. The third-order valence-electron chi connectivity index (χ3n) is 5.04. The summed E-state index contributed by atoms with van der Waals surface area (Å²) in [4.78, 5) is 14.8. The molecular formula is C15H28N2O2. The molecule has 0 heterocycles. The van der Waals surface area contributed by atoms with Gasteiger partial charge in [-0.15, -0.1) is 0 Å². The maximum Gasteiger partial charge on any atom is 0.226 e. The summed E-state index contributed by atoms with van der Waals surface area (Å²) in [6.07, 6.45) is 7.28. The third kappa shape index (κ3) is 3.29. The first-order chi connectivity index (χ1) is 9.15. The van der Waals surface area contributed by atoms with Gasteiger partial charge in [-0.3, -0.25) is 4.79 Å². The van der Waals surface area contributed by atoms with Crippen LogP contribution in [-0.4, -0.2) is 41.1 Å². The first-order valence-electron chi connectivity index (χ1n) is 7.82. The van der Waals surface area contributed by atoms with Crippen LogP contribution in [0, 0.1) is 11.8 Å². The Balaban J connectivity index is 2.00. The Bertz CT molecular complexity index is 305. The molecule has 4 nitrogen and oxygen atoms in total. The fourth-order valence-electron chi connectivity index (χ4n) is 3.37. The molecule has 0 saturated heterocycles. The molecule has 110 valence electrons. The van der Waals surface area contributed by atoms with Crippen molar-refractivity contribution in [3.63, 3.8) is 0 Å². The summed E-state index contributed by atoms with van der Waals surface area (Å²) in [5.74, 6) is 0.682. The molecule has 0 bridgehead atoms. The van der Waals surface area contributed by atoms with Crippen molar-refractivity contribution in [2.75, 3.05) is 13.2 Å². The van der Waals surface area contributed by atoms with E-state index in [1.807, 2.05) is 4.90 Å². The molecule has 0 aromatic heterocycles. The van der Waals surface area contributed by atoms with Crippen LogP contribution in [0.1, 0.15) is 51.9 Å². The van der Waals surface area contributed by atoms with Crippen molar-refractivity contribution < 1.29 is 9.90 Å². The molecule has 3 atom stereocenters. The number of hydrogen-bond donors (Lipinski definition) is 2. The number of aliphatic hydroxyl groups is 1. The quantitative estimate of drug-likeness (QED) is 0.794. The molecule has 2 aliphatic carbocycles. The summed E-state index contributed by atoms with van der Waals surface area (Å²) in [6.45, 7) is 2.99. The molecule has 0 spiro atoms. The van der Waals surface area contributed by atoms with Gasteiger partial charge in [0.25, 0.3) is 0 Å². The zero-order valence-corrected chi connectivity index (χ0v) is 12.1. The Hall–Kier alpha value is -0.610. The number of aliphatic hydroxyl groups excluding tert-OH is 1. The van der Waals surface area contributed by atoms with Crippen LogP contribution in [0.2, 0.25) is 0 Å². The number of carbonyl (C=O) groups excluding carboxylic acids is 1. The van der Waals surface area contributed by atoms with Gasteiger partial charge in [0.2, 0.25) is 5.91 Å². The summed E-state index contributed by atoms with van der Waals surface area (Å²) >= 11 is 0. The monoisotopic (exact) mass is 268 g/mol. The predicted molar refractivity (Wildman–Crippen MR) is 75.5 cm³/mol. The molecule has 0 radical (unpaired) electrons. The van der Waals surface area contributed by atoms with Gasteiger partial charge in [0.1, 0.15) is 0 Å². The van der Waals surface area contributed by atoms with Gasteiger partial charge in [-0.05, 0) is 44.4 Å². The van der Waals surface area contributed by atoms with Crippen LogP contribution in [-0.2, 0) is 4.79 Å². The normalized spacial score (nSPS) is 31.8. The van der Waals surface area contributed by atoms with Crippen LogP contribution < -0.4 is 5.73 Å². The van der Waals surface area contributed by atoms with E-state index < -0.39 is 0 Å². The average molecular weight is 268 g/mol. The highest BCUT2D eigenvalue weighted by Gasteiger charge is 2.38. The molecular weight excluding hydrogens is 240 g/mol. The lowest BCUT2D eigenvalue weighted by molar-refractivity contribution is -0.143. The van der Waals surface area contributed by atoms with Crippen molar-refractivity contribution in [2.45, 2.75) is 64.0 Å². The molecule has 2 fully saturated rings. The topological polar surface area (TPSA) is 66.6 Å². The Morgan fingerprint density at radius 2 is 1.95 bits per heavy atom. The number of hydrogen-bond acceptors (Lipinski definition) is 3. The lowest BCUT2D eigenvalue weighted by atomic mass is 9.76. The van der Waals surface area contributed by atoms with Gasteiger partial charge in [-0.1, -0.05) is 13.3 Å². The standard InChI is InChI=1S/C15H28N2O2/c1-11-13(7-3-8-14(11)16)15(19)17(9-4-10-18)12-5-2-6-12/h11-14,18H,2-10,16H2,1H3. The van der Waals surface area contributed by atoms with Crippen LogP contribution in [0.15, 0.2) is 0 Å². The van der Waals surface area contributed by atoms with E-state index in [4.69, 9.17) is 10.8 Å². The van der Waals surface area contributed by atoms with Crippen LogP contribution in [0.25, 0.3) is 0 Å². The zero-order chi connectivity index (χ0) is 13.8. The summed E-state index contributed by atoms with van der Waals surface area (Å²) < 4.78 is 0. The predicted octanol–water partition coefficient (Wildman–Crippen LogP) is 1.51. The lowest BCUT2D eigenvalue weighted by Crippen LogP contribution is -2.51. The summed E-state index contributed by atoms with van der Waals surface area (Å²) in [6, 6.07) is 0.591. The van der Waals surface area contributed by atoms with E-state index in [0.29, 0.717) is 24.9 Å². The van der Waals surface area contributed by atoms with Crippen molar-refractivity contribution in [3.05, 3.63) is 0 Å². The van der Waals surface area contributed by atoms with Gasteiger partial charge in [-0.2, -0.15) is 0 Å². The van der Waals surface area contributed by atoms with Gasteiger partial charge >= 0.3 is 0 Å². The van der Waals surface area contributed by atoms with Crippen molar-refractivity contribution in [2.24, 2.45) is 17.6 Å². The maximum absolute atomic E-state index is 12.8.